The molecule has 0 saturated heterocycles. The zero-order valence-electron chi connectivity index (χ0n) is 11.8. The number of amides is 1. The van der Waals surface area contributed by atoms with Gasteiger partial charge in [0.15, 0.2) is 6.29 Å². The Morgan fingerprint density at radius 1 is 1.43 bits per heavy atom. The molecule has 0 radical (unpaired) electrons. The Bertz CT molecular complexity index is 689. The molecule has 3 rings (SSSR count). The summed E-state index contributed by atoms with van der Waals surface area (Å²) in [6, 6.07) is 4.34. The number of allylic oxidation sites excluding steroid dienone is 1. The van der Waals surface area contributed by atoms with E-state index in [0.717, 1.165) is 10.5 Å². The molecule has 1 aromatic rings. The Kier molecular flexibility index (Phi) is 4.16. The van der Waals surface area contributed by atoms with E-state index in [9.17, 15) is 18.0 Å². The van der Waals surface area contributed by atoms with E-state index in [0.29, 0.717) is 12.8 Å². The number of rotatable bonds is 4. The molecule has 1 saturated carbocycles. The minimum atomic E-state index is -3.12. The van der Waals surface area contributed by atoms with E-state index in [1.54, 1.807) is 6.07 Å². The van der Waals surface area contributed by atoms with Crippen molar-refractivity contribution < 1.29 is 18.0 Å². The van der Waals surface area contributed by atoms with Crippen LogP contribution in [0.25, 0.3) is 0 Å². The summed E-state index contributed by atoms with van der Waals surface area (Å²) in [7, 11) is 0. The number of alkyl halides is 2. The summed E-state index contributed by atoms with van der Waals surface area (Å²) >= 11 is 5.80. The Morgan fingerprint density at radius 3 is 2.78 bits per heavy atom. The van der Waals surface area contributed by atoms with E-state index in [1.807, 2.05) is 0 Å². The molecule has 1 N–H and O–H groups in total. The van der Waals surface area contributed by atoms with Crippen LogP contribution in [0.5, 0.6) is 0 Å². The lowest BCUT2D eigenvalue weighted by Crippen LogP contribution is -2.51. The van der Waals surface area contributed by atoms with Gasteiger partial charge >= 0.3 is 6.43 Å². The molecule has 2 aliphatic rings. The zero-order chi connectivity index (χ0) is 16.6. The molecule has 0 bridgehead atoms. The highest BCUT2D eigenvalue weighted by atomic mass is 35.5. The molecule has 0 aromatic heterocycles. The van der Waals surface area contributed by atoms with Crippen molar-refractivity contribution >= 4 is 23.7 Å². The summed E-state index contributed by atoms with van der Waals surface area (Å²) in [4.78, 5) is 16.5. The number of nitrogens with one attached hydrogen (secondary N) is 1. The summed E-state index contributed by atoms with van der Waals surface area (Å²) < 4.78 is 38.7. The van der Waals surface area contributed by atoms with Crippen LogP contribution < -0.4 is 5.32 Å². The van der Waals surface area contributed by atoms with Crippen molar-refractivity contribution in [2.45, 2.75) is 31.1 Å². The van der Waals surface area contributed by atoms with Crippen LogP contribution in [0.1, 0.15) is 18.4 Å². The van der Waals surface area contributed by atoms with Crippen molar-refractivity contribution in [1.29, 1.82) is 0 Å². The number of carbonyl (C=O) groups is 1. The summed E-state index contributed by atoms with van der Waals surface area (Å²) in [5.74, 6) is -1.86. The van der Waals surface area contributed by atoms with Gasteiger partial charge in [-0.05, 0) is 36.6 Å². The summed E-state index contributed by atoms with van der Waals surface area (Å²) in [5, 5.41) is 3.09. The quantitative estimate of drug-likeness (QED) is 0.913. The van der Waals surface area contributed by atoms with E-state index in [-0.39, 0.29) is 5.02 Å². The van der Waals surface area contributed by atoms with Crippen LogP contribution in [0.15, 0.2) is 35.5 Å². The van der Waals surface area contributed by atoms with E-state index >= 15 is 0 Å². The average molecular weight is 344 g/mol. The van der Waals surface area contributed by atoms with Crippen molar-refractivity contribution in [3.05, 3.63) is 46.9 Å². The first kappa shape index (κ1) is 16.0. The summed E-state index contributed by atoms with van der Waals surface area (Å²) in [5.41, 5.74) is 0.184. The highest BCUT2D eigenvalue weighted by Crippen LogP contribution is 2.47. The first-order valence-corrected chi connectivity index (χ1v) is 7.34. The van der Waals surface area contributed by atoms with Gasteiger partial charge in [-0.2, -0.15) is 8.78 Å². The fraction of sp³-hybridized carbons (Fsp3) is 0.333. The van der Waals surface area contributed by atoms with Gasteiger partial charge in [0.1, 0.15) is 5.82 Å². The number of hydrogen-bond acceptors (Lipinski definition) is 3. The van der Waals surface area contributed by atoms with Crippen molar-refractivity contribution in [1.82, 2.24) is 10.2 Å². The largest absolute Gasteiger partial charge is 0.316 e. The number of aliphatic imine (C=N–C) groups is 1. The Balaban J connectivity index is 1.82. The van der Waals surface area contributed by atoms with Crippen LogP contribution in [-0.4, -0.2) is 29.7 Å². The minimum Gasteiger partial charge on any atom is -0.278 e. The predicted octanol–water partition coefficient (Wildman–Crippen LogP) is 3.03. The van der Waals surface area contributed by atoms with Gasteiger partial charge in [-0.3, -0.25) is 20.0 Å². The van der Waals surface area contributed by atoms with Crippen LogP contribution in [0.2, 0.25) is 5.02 Å². The molecule has 122 valence electrons. The fourth-order valence-corrected chi connectivity index (χ4v) is 2.69. The molecule has 0 spiro atoms. The molecule has 4 nitrogen and oxygen atoms in total. The van der Waals surface area contributed by atoms with E-state index in [2.05, 4.69) is 10.3 Å². The topological polar surface area (TPSA) is 44.7 Å². The van der Waals surface area contributed by atoms with Gasteiger partial charge in [-0.1, -0.05) is 17.7 Å². The third-order valence-corrected chi connectivity index (χ3v) is 4.18. The fourth-order valence-electron chi connectivity index (χ4n) is 2.51. The molecule has 1 heterocycles. The molecule has 1 amide bonds. The first-order valence-electron chi connectivity index (χ1n) is 6.96. The zero-order valence-corrected chi connectivity index (χ0v) is 12.6. The lowest BCUT2D eigenvalue weighted by Gasteiger charge is -2.32. The second-order valence-electron chi connectivity index (χ2n) is 5.41. The van der Waals surface area contributed by atoms with Gasteiger partial charge in [0.2, 0.25) is 0 Å². The molecule has 23 heavy (non-hydrogen) atoms. The van der Waals surface area contributed by atoms with Gasteiger partial charge in [0, 0.05) is 18.0 Å². The van der Waals surface area contributed by atoms with Crippen molar-refractivity contribution in [2.75, 3.05) is 0 Å². The van der Waals surface area contributed by atoms with Gasteiger partial charge in [0.25, 0.3) is 5.91 Å². The van der Waals surface area contributed by atoms with Crippen LogP contribution in [0.4, 0.5) is 13.2 Å². The maximum atomic E-state index is 13.3. The van der Waals surface area contributed by atoms with E-state index in [1.165, 1.54) is 30.6 Å². The van der Waals surface area contributed by atoms with Crippen LogP contribution >= 0.6 is 11.6 Å². The van der Waals surface area contributed by atoms with E-state index < -0.39 is 30.0 Å². The molecule has 1 aromatic carbocycles. The molecule has 1 aliphatic carbocycles. The van der Waals surface area contributed by atoms with Crippen LogP contribution in [0.3, 0.4) is 0 Å². The lowest BCUT2D eigenvalue weighted by molar-refractivity contribution is -0.142. The number of halogens is 4. The highest BCUT2D eigenvalue weighted by Gasteiger charge is 2.47. The van der Waals surface area contributed by atoms with Gasteiger partial charge in [-0.25, -0.2) is 4.39 Å². The second kappa shape index (κ2) is 5.98. The molecule has 8 heteroatoms. The molecular formula is C15H13ClF3N3O. The minimum absolute atomic E-state index is 0.0110. The monoisotopic (exact) mass is 343 g/mol. The smallest absolute Gasteiger partial charge is 0.278 e. The van der Waals surface area contributed by atoms with Crippen LogP contribution in [0, 0.1) is 5.82 Å². The van der Waals surface area contributed by atoms with Gasteiger partial charge < -0.3 is 0 Å². The third-order valence-electron chi connectivity index (χ3n) is 3.89. The normalized spacial score (nSPS) is 21.8. The highest BCUT2D eigenvalue weighted by molar-refractivity contribution is 6.30. The summed E-state index contributed by atoms with van der Waals surface area (Å²) in [6.45, 7) is 0. The third kappa shape index (κ3) is 3.11. The second-order valence-corrected chi connectivity index (χ2v) is 5.82. The molecule has 1 aliphatic heterocycles. The maximum absolute atomic E-state index is 13.3. The maximum Gasteiger partial charge on any atom is 0.316 e. The molecule has 1 unspecified atom stereocenters. The average Bonchev–Trinajstić information content (AvgIpc) is 3.30. The number of hydrogen-bond donors (Lipinski definition) is 1. The molecule has 1 fully saturated rings. The van der Waals surface area contributed by atoms with Crippen molar-refractivity contribution in [3.8, 4) is 0 Å². The lowest BCUT2D eigenvalue weighted by atomic mass is 10.0. The van der Waals surface area contributed by atoms with E-state index in [4.69, 9.17) is 11.6 Å². The standard InChI is InChI=1S/C15H13ClF3N3O/c16-10-8-9(2-3-11(10)17)15(4-5-15)21-14-20-6-1-7-22(14)13(23)12(18)19/h1-3,6-8,12,14,21H,4-5H2. The SMILES string of the molecule is O=C(C(F)F)N1C=CC=NC1NC1(c2ccc(F)c(Cl)c2)CC1. The predicted molar refractivity (Wildman–Crippen MR) is 79.7 cm³/mol. The Morgan fingerprint density at radius 2 is 2.17 bits per heavy atom. The Labute approximate surface area is 135 Å². The molecular weight excluding hydrogens is 331 g/mol. The van der Waals surface area contributed by atoms with Crippen molar-refractivity contribution in [3.63, 3.8) is 0 Å². The first-order chi connectivity index (χ1) is 10.9. The Hall–Kier alpha value is -1.86. The number of benzene rings is 1. The van der Waals surface area contributed by atoms with Crippen molar-refractivity contribution in [2.24, 2.45) is 4.99 Å². The summed E-state index contributed by atoms with van der Waals surface area (Å²) in [6.07, 6.45) is 1.46. The molecule has 1 atom stereocenters. The van der Waals surface area contributed by atoms with Gasteiger partial charge in [0.05, 0.1) is 5.02 Å². The number of nitrogens with zero attached hydrogens (tertiary/aromatic N) is 2. The van der Waals surface area contributed by atoms with Crippen LogP contribution in [-0.2, 0) is 10.3 Å². The number of carbonyl (C=O) groups excluding carboxylic acids is 1. The van der Waals surface area contributed by atoms with Gasteiger partial charge in [-0.15, -0.1) is 0 Å².